The summed E-state index contributed by atoms with van der Waals surface area (Å²) in [4.78, 5) is 29.0. The number of aromatic nitrogens is 8. The minimum Gasteiger partial charge on any atom is -0.439 e. The van der Waals surface area contributed by atoms with Crippen LogP contribution in [-0.4, -0.2) is 45.5 Å². The van der Waals surface area contributed by atoms with Crippen molar-refractivity contribution in [3.8, 4) is 58.1 Å². The zero-order valence-corrected chi connectivity index (χ0v) is 27.5. The molecule has 0 aliphatic rings. The number of nitrogens with zero attached hydrogens (tertiary/aromatic N) is 8. The molecular formula is C37H31N11O3. The predicted octanol–water partition coefficient (Wildman–Crippen LogP) is 6.55. The Labute approximate surface area is 293 Å². The first-order chi connectivity index (χ1) is 24.8. The molecule has 7 rings (SSSR count). The van der Waals surface area contributed by atoms with Crippen molar-refractivity contribution in [2.45, 2.75) is 0 Å². The number of aryl methyl sites for hydroxylation is 2. The summed E-state index contributed by atoms with van der Waals surface area (Å²) < 4.78 is 14.9. The van der Waals surface area contributed by atoms with Crippen molar-refractivity contribution in [3.63, 3.8) is 0 Å². The van der Waals surface area contributed by atoms with Gasteiger partial charge in [-0.05, 0) is 42.5 Å². The molecule has 4 N–H and O–H groups in total. The van der Waals surface area contributed by atoms with Crippen molar-refractivity contribution in [1.82, 2.24) is 39.5 Å². The van der Waals surface area contributed by atoms with Gasteiger partial charge < -0.3 is 25.8 Å². The molecule has 2 amide bonds. The Bertz CT molecular complexity index is 2330. The zero-order valence-electron chi connectivity index (χ0n) is 27.5. The fourth-order valence-corrected chi connectivity index (χ4v) is 4.65. The summed E-state index contributed by atoms with van der Waals surface area (Å²) in [7, 11) is 3.69. The second-order valence-electron chi connectivity index (χ2n) is 10.9. The van der Waals surface area contributed by atoms with Gasteiger partial charge in [0.2, 0.25) is 11.8 Å². The van der Waals surface area contributed by atoms with Gasteiger partial charge in [0.25, 0.3) is 0 Å². The van der Waals surface area contributed by atoms with Gasteiger partial charge in [-0.15, -0.1) is 6.42 Å². The summed E-state index contributed by atoms with van der Waals surface area (Å²) in [5, 5.41) is 13.8. The van der Waals surface area contributed by atoms with Crippen LogP contribution in [0.4, 0.5) is 21.9 Å². The number of rotatable bonds is 8. The van der Waals surface area contributed by atoms with Crippen LogP contribution in [0.1, 0.15) is 5.56 Å². The van der Waals surface area contributed by atoms with Crippen molar-refractivity contribution in [2.24, 2.45) is 14.1 Å². The fraction of sp³-hybridized carbons (Fsp3) is 0.0541. The molecule has 252 valence electrons. The predicted molar refractivity (Wildman–Crippen MR) is 193 cm³/mol. The van der Waals surface area contributed by atoms with Crippen LogP contribution in [0.5, 0.6) is 23.3 Å². The Hall–Kier alpha value is -7.53. The maximum atomic E-state index is 12.3. The molecular weight excluding hydrogens is 646 g/mol. The maximum absolute atomic E-state index is 12.3. The molecule has 0 atom stereocenters. The summed E-state index contributed by atoms with van der Waals surface area (Å²) in [6, 6.07) is 24.3. The van der Waals surface area contributed by atoms with E-state index in [0.29, 0.717) is 51.6 Å². The standard InChI is InChI=1S/C23H18N6O2.C14H13N5O/c1-3-16-6-4-7-18(10-16)27-23(30)28-19-8-5-9-20(11-19)31-22-12-21(24-15-25-22)17-13-26-29(2)14-17;1-19-8-10(7-18-19)13-6-14(17-9-16-13)20-12-4-2-3-11(15)5-12/h1,4-15H,2H3,(H2,27,28,30);2-9H,15H2,1H3. The van der Waals surface area contributed by atoms with Crippen LogP contribution in [0.3, 0.4) is 0 Å². The monoisotopic (exact) mass is 677 g/mol. The van der Waals surface area contributed by atoms with Gasteiger partial charge in [0, 0.05) is 84.5 Å². The van der Waals surface area contributed by atoms with E-state index >= 15 is 0 Å². The number of hydrogen-bond donors (Lipinski definition) is 3. The lowest BCUT2D eigenvalue weighted by atomic mass is 10.2. The van der Waals surface area contributed by atoms with E-state index in [-0.39, 0.29) is 0 Å². The number of carbonyl (C=O) groups is 1. The highest BCUT2D eigenvalue weighted by Crippen LogP contribution is 2.27. The van der Waals surface area contributed by atoms with Gasteiger partial charge in [0.15, 0.2) is 0 Å². The van der Waals surface area contributed by atoms with E-state index in [1.807, 2.05) is 38.6 Å². The largest absolute Gasteiger partial charge is 0.439 e. The van der Waals surface area contributed by atoms with Crippen molar-refractivity contribution < 1.29 is 14.3 Å². The Balaban J connectivity index is 0.000000193. The average Bonchev–Trinajstić information content (AvgIpc) is 3.77. The normalized spacial score (nSPS) is 10.3. The highest BCUT2D eigenvalue weighted by Gasteiger charge is 2.09. The van der Waals surface area contributed by atoms with Crippen LogP contribution in [0.2, 0.25) is 0 Å². The fourth-order valence-electron chi connectivity index (χ4n) is 4.65. The number of nitrogens with two attached hydrogens (primary N) is 1. The second kappa shape index (κ2) is 15.6. The molecule has 0 aliphatic heterocycles. The molecule has 0 saturated heterocycles. The molecule has 4 aromatic heterocycles. The summed E-state index contributed by atoms with van der Waals surface area (Å²) in [6.45, 7) is 0. The molecule has 0 radical (unpaired) electrons. The van der Waals surface area contributed by atoms with E-state index in [4.69, 9.17) is 21.6 Å². The van der Waals surface area contributed by atoms with Gasteiger partial charge in [-0.3, -0.25) is 9.36 Å². The summed E-state index contributed by atoms with van der Waals surface area (Å²) in [5.74, 6) is 4.53. The van der Waals surface area contributed by atoms with Crippen LogP contribution in [0.25, 0.3) is 22.5 Å². The Morgan fingerprint density at radius 3 is 1.76 bits per heavy atom. The van der Waals surface area contributed by atoms with E-state index in [0.717, 1.165) is 16.8 Å². The van der Waals surface area contributed by atoms with E-state index in [1.165, 1.54) is 12.7 Å². The molecule has 0 aliphatic carbocycles. The Kier molecular flexibility index (Phi) is 10.2. The van der Waals surface area contributed by atoms with E-state index < -0.39 is 6.03 Å². The highest BCUT2D eigenvalue weighted by atomic mass is 16.5. The van der Waals surface area contributed by atoms with Crippen LogP contribution in [0.15, 0.2) is 122 Å². The second-order valence-corrected chi connectivity index (χ2v) is 10.9. The third kappa shape index (κ3) is 9.30. The number of nitrogen functional groups attached to an aromatic ring is 1. The molecule has 14 nitrogen and oxygen atoms in total. The highest BCUT2D eigenvalue weighted by molar-refractivity contribution is 5.99. The van der Waals surface area contributed by atoms with Crippen LogP contribution in [0, 0.1) is 12.3 Å². The number of benzene rings is 3. The van der Waals surface area contributed by atoms with Gasteiger partial charge in [-0.1, -0.05) is 24.1 Å². The molecule has 4 heterocycles. The minimum atomic E-state index is -0.396. The zero-order chi connectivity index (χ0) is 35.6. The van der Waals surface area contributed by atoms with E-state index in [9.17, 15) is 4.79 Å². The molecule has 0 saturated carbocycles. The lowest BCUT2D eigenvalue weighted by Crippen LogP contribution is -2.19. The van der Waals surface area contributed by atoms with Gasteiger partial charge >= 0.3 is 6.03 Å². The molecule has 14 heteroatoms. The average molecular weight is 678 g/mol. The summed E-state index contributed by atoms with van der Waals surface area (Å²) >= 11 is 0. The lowest BCUT2D eigenvalue weighted by Gasteiger charge is -2.10. The lowest BCUT2D eigenvalue weighted by molar-refractivity contribution is 0.262. The number of nitrogens with one attached hydrogen (secondary N) is 2. The number of terminal acetylenes is 1. The third-order valence-electron chi connectivity index (χ3n) is 6.97. The van der Waals surface area contributed by atoms with Gasteiger partial charge in [0.05, 0.1) is 23.8 Å². The molecule has 0 unspecified atom stereocenters. The van der Waals surface area contributed by atoms with Gasteiger partial charge in [-0.25, -0.2) is 24.7 Å². The first-order valence-electron chi connectivity index (χ1n) is 15.4. The number of ether oxygens (including phenoxy) is 2. The smallest absolute Gasteiger partial charge is 0.323 e. The number of urea groups is 1. The molecule has 7 aromatic rings. The van der Waals surface area contributed by atoms with Gasteiger partial charge in [-0.2, -0.15) is 10.2 Å². The van der Waals surface area contributed by atoms with Crippen LogP contribution < -0.4 is 25.8 Å². The Morgan fingerprint density at radius 1 is 0.706 bits per heavy atom. The molecule has 0 spiro atoms. The number of anilines is 3. The molecule has 3 aromatic carbocycles. The summed E-state index contributed by atoms with van der Waals surface area (Å²) in [6.07, 6.45) is 15.5. The SMILES string of the molecule is C#Cc1cccc(NC(=O)Nc2cccc(Oc3cc(-c4cnn(C)c4)ncn3)c2)c1.Cn1cc(-c2cc(Oc3cccc(N)c3)ncn2)cn1. The first-order valence-corrected chi connectivity index (χ1v) is 15.4. The van der Waals surface area contributed by atoms with Crippen molar-refractivity contribution in [1.29, 1.82) is 0 Å². The van der Waals surface area contributed by atoms with Gasteiger partial charge in [0.1, 0.15) is 24.2 Å². The molecule has 0 fully saturated rings. The van der Waals surface area contributed by atoms with Crippen LogP contribution >= 0.6 is 0 Å². The number of hydrogen-bond acceptors (Lipinski definition) is 10. The number of amides is 2. The molecule has 0 bridgehead atoms. The Morgan fingerprint density at radius 2 is 1.24 bits per heavy atom. The number of carbonyl (C=O) groups excluding carboxylic acids is 1. The quantitative estimate of drug-likeness (QED) is 0.118. The van der Waals surface area contributed by atoms with Crippen molar-refractivity contribution in [2.75, 3.05) is 16.4 Å². The minimum absolute atomic E-state index is 0.376. The topological polar surface area (TPSA) is 173 Å². The van der Waals surface area contributed by atoms with Crippen molar-refractivity contribution in [3.05, 3.63) is 128 Å². The van der Waals surface area contributed by atoms with E-state index in [1.54, 1.807) is 94.6 Å². The third-order valence-corrected chi connectivity index (χ3v) is 6.97. The summed E-state index contributed by atoms with van der Waals surface area (Å²) in [5.41, 5.74) is 11.4. The van der Waals surface area contributed by atoms with E-state index in [2.05, 4.69) is 46.7 Å². The van der Waals surface area contributed by atoms with Crippen molar-refractivity contribution >= 4 is 23.1 Å². The molecule has 51 heavy (non-hydrogen) atoms. The van der Waals surface area contributed by atoms with Crippen LogP contribution in [-0.2, 0) is 14.1 Å². The first kappa shape index (κ1) is 33.4. The maximum Gasteiger partial charge on any atom is 0.323 e.